The molecule has 57 heavy (non-hydrogen) atoms. The number of nitro benzene ring substituents is 4. The molecule has 21 nitrogen and oxygen atoms in total. The number of benzene rings is 3. The second kappa shape index (κ2) is 13.5. The number of carbonyl (C=O) groups excluding carboxylic acids is 4. The molecule has 7 rings (SSSR count). The summed E-state index contributed by atoms with van der Waals surface area (Å²) in [5.41, 5.74) is -3.89. The molecule has 2 aliphatic carbocycles. The van der Waals surface area contributed by atoms with Gasteiger partial charge in [-0.05, 0) is 24.8 Å². The van der Waals surface area contributed by atoms with Gasteiger partial charge in [0.15, 0.2) is 11.4 Å². The molecule has 1 saturated carbocycles. The maximum absolute atomic E-state index is 14.5. The summed E-state index contributed by atoms with van der Waals surface area (Å²) in [6, 6.07) is 9.58. The Hall–Kier alpha value is -7.32. The van der Waals surface area contributed by atoms with Crippen molar-refractivity contribution in [3.05, 3.63) is 106 Å². The van der Waals surface area contributed by atoms with Crippen molar-refractivity contribution in [1.29, 1.82) is 0 Å². The molecule has 4 aliphatic rings. The molecule has 6 atom stereocenters. The zero-order valence-electron chi connectivity index (χ0n) is 30.5. The Morgan fingerprint density at radius 1 is 0.614 bits per heavy atom. The van der Waals surface area contributed by atoms with E-state index in [-0.39, 0.29) is 35.5 Å². The number of phenols is 1. The highest BCUT2D eigenvalue weighted by molar-refractivity contribution is 6.24. The van der Waals surface area contributed by atoms with Crippen molar-refractivity contribution in [2.24, 2.45) is 29.6 Å². The Morgan fingerprint density at radius 2 is 1.04 bits per heavy atom. The Morgan fingerprint density at radius 3 is 1.46 bits per heavy atom. The van der Waals surface area contributed by atoms with Crippen LogP contribution in [0.2, 0.25) is 0 Å². The zero-order chi connectivity index (χ0) is 41.5. The number of amides is 4. The van der Waals surface area contributed by atoms with Crippen LogP contribution in [0.5, 0.6) is 5.75 Å². The van der Waals surface area contributed by atoms with Crippen LogP contribution in [0.25, 0.3) is 0 Å². The highest BCUT2D eigenvalue weighted by Gasteiger charge is 2.63. The number of phenolic OH excluding ortho intramolecular Hbond substituents is 1. The van der Waals surface area contributed by atoms with E-state index >= 15 is 0 Å². The first-order chi connectivity index (χ1) is 26.9. The second-order valence-electron chi connectivity index (χ2n) is 14.6. The number of aromatic hydroxyl groups is 1. The standard InChI is InChI=1S/C36H32N8O13/c1-37(2)31-23(41(50)51)11-16(12-24(31)42(52)53)39-33(46)20-10-9-18-21(29(20)35(39)48)15-22-30(28(18)19-7-5-6-8-27(19)45)36(49)40(34(22)47)17-13-25(43(54)55)32(38(3)4)26(14-17)44(56)57/h5-9,11-14,20-22,28-30,45H,10,15H2,1-4H3. The molecule has 6 unspecified atom stereocenters. The number of rotatable bonds is 9. The Labute approximate surface area is 320 Å². The van der Waals surface area contributed by atoms with E-state index in [0.29, 0.717) is 15.4 Å². The number of nitro groups is 4. The molecule has 1 N–H and O–H groups in total. The fourth-order valence-electron chi connectivity index (χ4n) is 9.11. The van der Waals surface area contributed by atoms with Gasteiger partial charge in [0, 0.05) is 63.9 Å². The maximum atomic E-state index is 14.5. The largest absolute Gasteiger partial charge is 0.508 e. The molecule has 2 aliphatic heterocycles. The minimum atomic E-state index is -1.26. The van der Waals surface area contributed by atoms with E-state index in [1.54, 1.807) is 12.1 Å². The van der Waals surface area contributed by atoms with Crippen LogP contribution in [-0.2, 0) is 19.2 Å². The van der Waals surface area contributed by atoms with Crippen LogP contribution >= 0.6 is 0 Å². The molecule has 3 aromatic carbocycles. The number of allylic oxidation sites excluding steroid dienone is 2. The third kappa shape index (κ3) is 5.68. The van der Waals surface area contributed by atoms with Crippen molar-refractivity contribution in [2.75, 3.05) is 47.8 Å². The van der Waals surface area contributed by atoms with E-state index in [9.17, 15) is 64.7 Å². The number of imide groups is 2. The van der Waals surface area contributed by atoms with Gasteiger partial charge in [0.25, 0.3) is 0 Å². The molecule has 0 aromatic heterocycles. The summed E-state index contributed by atoms with van der Waals surface area (Å²) in [6.45, 7) is 0. The van der Waals surface area contributed by atoms with Crippen LogP contribution in [-0.4, -0.2) is 76.6 Å². The Balaban J connectivity index is 1.36. The van der Waals surface area contributed by atoms with E-state index < -0.39 is 113 Å². The van der Waals surface area contributed by atoms with E-state index in [2.05, 4.69) is 0 Å². The third-order valence-electron chi connectivity index (χ3n) is 11.2. The van der Waals surface area contributed by atoms with E-state index in [1.165, 1.54) is 46.4 Å². The smallest absolute Gasteiger partial charge is 0.301 e. The van der Waals surface area contributed by atoms with E-state index in [0.717, 1.165) is 34.1 Å². The quantitative estimate of drug-likeness (QED) is 0.138. The van der Waals surface area contributed by atoms with Crippen molar-refractivity contribution in [2.45, 2.75) is 18.8 Å². The van der Waals surface area contributed by atoms with Crippen molar-refractivity contribution < 1.29 is 44.0 Å². The molecule has 21 heteroatoms. The summed E-state index contributed by atoms with van der Waals surface area (Å²) in [5.74, 6) is -10.5. The van der Waals surface area contributed by atoms with Crippen LogP contribution < -0.4 is 19.6 Å². The summed E-state index contributed by atoms with van der Waals surface area (Å²) in [4.78, 5) is 106. The first-order valence-electron chi connectivity index (χ1n) is 17.4. The number of para-hydroxylation sites is 1. The molecular weight excluding hydrogens is 752 g/mol. The predicted molar refractivity (Wildman–Crippen MR) is 199 cm³/mol. The van der Waals surface area contributed by atoms with Crippen LogP contribution in [0.4, 0.5) is 45.5 Å². The monoisotopic (exact) mass is 784 g/mol. The summed E-state index contributed by atoms with van der Waals surface area (Å²) in [7, 11) is 5.43. The van der Waals surface area contributed by atoms with E-state index in [1.807, 2.05) is 0 Å². The highest BCUT2D eigenvalue weighted by Crippen LogP contribution is 2.60. The summed E-state index contributed by atoms with van der Waals surface area (Å²) in [6.07, 6.45) is 1.36. The Bertz CT molecular complexity index is 2340. The zero-order valence-corrected chi connectivity index (χ0v) is 30.5. The number of carbonyl (C=O) groups is 4. The fourth-order valence-corrected chi connectivity index (χ4v) is 9.11. The summed E-state index contributed by atoms with van der Waals surface area (Å²) >= 11 is 0. The molecule has 2 heterocycles. The second-order valence-corrected chi connectivity index (χ2v) is 14.6. The first-order valence-corrected chi connectivity index (χ1v) is 17.4. The lowest BCUT2D eigenvalue weighted by molar-refractivity contribution is -0.392. The van der Waals surface area contributed by atoms with Gasteiger partial charge in [-0.1, -0.05) is 29.8 Å². The maximum Gasteiger partial charge on any atom is 0.301 e. The first kappa shape index (κ1) is 38.0. The van der Waals surface area contributed by atoms with Crippen molar-refractivity contribution in [3.63, 3.8) is 0 Å². The normalized spacial score (nSPS) is 23.8. The number of nitrogens with zero attached hydrogens (tertiary/aromatic N) is 8. The van der Waals surface area contributed by atoms with Crippen molar-refractivity contribution in [3.8, 4) is 5.75 Å². The minimum absolute atomic E-state index is 0.0741. The minimum Gasteiger partial charge on any atom is -0.508 e. The number of hydrogen-bond donors (Lipinski definition) is 1. The summed E-state index contributed by atoms with van der Waals surface area (Å²) in [5, 5.41) is 59.7. The highest BCUT2D eigenvalue weighted by atomic mass is 16.6. The van der Waals surface area contributed by atoms with Gasteiger partial charge in [-0.25, -0.2) is 9.80 Å². The number of hydrogen-bond acceptors (Lipinski definition) is 15. The number of anilines is 4. The van der Waals surface area contributed by atoms with Crippen LogP contribution in [0.15, 0.2) is 60.2 Å². The van der Waals surface area contributed by atoms with Gasteiger partial charge < -0.3 is 14.9 Å². The van der Waals surface area contributed by atoms with Gasteiger partial charge in [-0.15, -0.1) is 0 Å². The molecule has 0 radical (unpaired) electrons. The number of fused-ring (bicyclic) bond motifs is 4. The average Bonchev–Trinajstić information content (AvgIpc) is 3.56. The van der Waals surface area contributed by atoms with Crippen LogP contribution in [0, 0.1) is 70.0 Å². The third-order valence-corrected chi connectivity index (χ3v) is 11.2. The predicted octanol–water partition coefficient (Wildman–Crippen LogP) is 4.20. The van der Waals surface area contributed by atoms with Crippen molar-refractivity contribution >= 4 is 69.1 Å². The molecular formula is C36H32N8O13. The molecule has 2 saturated heterocycles. The van der Waals surface area contributed by atoms with E-state index in [4.69, 9.17) is 0 Å². The molecule has 3 aromatic rings. The average molecular weight is 785 g/mol. The fraction of sp³-hybridized carbons (Fsp3) is 0.333. The topological polar surface area (TPSA) is 274 Å². The van der Waals surface area contributed by atoms with Gasteiger partial charge in [-0.3, -0.25) is 59.6 Å². The molecule has 4 amide bonds. The van der Waals surface area contributed by atoms with Crippen LogP contribution in [0.3, 0.4) is 0 Å². The van der Waals surface area contributed by atoms with Gasteiger partial charge in [-0.2, -0.15) is 0 Å². The van der Waals surface area contributed by atoms with Gasteiger partial charge in [0.05, 0.1) is 54.7 Å². The lowest BCUT2D eigenvalue weighted by Gasteiger charge is -2.44. The molecule has 294 valence electrons. The van der Waals surface area contributed by atoms with Gasteiger partial charge in [0.2, 0.25) is 23.6 Å². The molecule has 0 bridgehead atoms. The van der Waals surface area contributed by atoms with Crippen LogP contribution in [0.1, 0.15) is 24.3 Å². The van der Waals surface area contributed by atoms with Gasteiger partial charge in [0.1, 0.15) is 5.75 Å². The SMILES string of the molecule is CN(C)c1c([N+](=O)[O-])cc(N2C(=O)C3CC=C4C(CC5C(=O)N(c6cc([N+](=O)[O-])c(N(C)C)c([N+](=O)[O-])c6)C(=O)C5C4c4ccccc4O)C3C2=O)cc1[N+](=O)[O-]. The Kier molecular flexibility index (Phi) is 8.97. The lowest BCUT2D eigenvalue weighted by Crippen LogP contribution is -2.43. The summed E-state index contributed by atoms with van der Waals surface area (Å²) < 4.78 is 0. The lowest BCUT2D eigenvalue weighted by atomic mass is 9.57. The van der Waals surface area contributed by atoms with Gasteiger partial charge >= 0.3 is 22.7 Å². The molecule has 3 fully saturated rings. The molecule has 0 spiro atoms. The van der Waals surface area contributed by atoms with Crippen molar-refractivity contribution in [1.82, 2.24) is 0 Å².